The number of hydrogen-bond acceptors (Lipinski definition) is 5. The molecule has 19 heavy (non-hydrogen) atoms. The first-order valence-corrected chi connectivity index (χ1v) is 7.86. The molecule has 1 aromatic heterocycles. The van der Waals surface area contributed by atoms with E-state index in [4.69, 9.17) is 10.8 Å². The van der Waals surface area contributed by atoms with Crippen molar-refractivity contribution in [2.75, 3.05) is 18.9 Å². The number of hydrogen-bond donors (Lipinski definition) is 3. The number of anilines is 1. The Balaban J connectivity index is 2.77. The van der Waals surface area contributed by atoms with Crippen LogP contribution in [0.25, 0.3) is 0 Å². The van der Waals surface area contributed by atoms with E-state index in [9.17, 15) is 8.42 Å². The molecule has 0 aliphatic rings. The maximum Gasteiger partial charge on any atom is 0.245 e. The van der Waals surface area contributed by atoms with Gasteiger partial charge in [0.2, 0.25) is 10.0 Å². The molecule has 0 radical (unpaired) electrons. The molecule has 7 nitrogen and oxygen atoms in total. The van der Waals surface area contributed by atoms with Crippen LogP contribution >= 0.6 is 0 Å². The molecule has 1 rings (SSSR count). The van der Waals surface area contributed by atoms with Gasteiger partial charge in [0.15, 0.2) is 5.82 Å². The lowest BCUT2D eigenvalue weighted by atomic mass is 10.0. The van der Waals surface area contributed by atoms with Gasteiger partial charge in [-0.15, -0.1) is 0 Å². The Kier molecular flexibility index (Phi) is 5.77. The monoisotopic (exact) mass is 290 g/mol. The highest BCUT2D eigenvalue weighted by molar-refractivity contribution is 7.89. The van der Waals surface area contributed by atoms with Gasteiger partial charge in [-0.05, 0) is 19.3 Å². The third kappa shape index (κ3) is 4.19. The molecule has 1 heterocycles. The molecule has 1 aromatic rings. The Morgan fingerprint density at radius 2 is 2.21 bits per heavy atom. The SMILES string of the molecule is CCC(CCO)CNS(=O)(=O)c1cn(CC)nc1N. The number of nitrogen functional groups attached to an aromatic ring is 1. The first kappa shape index (κ1) is 15.9. The lowest BCUT2D eigenvalue weighted by Gasteiger charge is -2.14. The van der Waals surface area contributed by atoms with E-state index in [0.717, 1.165) is 6.42 Å². The van der Waals surface area contributed by atoms with Crippen LogP contribution in [0.15, 0.2) is 11.1 Å². The summed E-state index contributed by atoms with van der Waals surface area (Å²) in [7, 11) is -3.64. The fourth-order valence-corrected chi connectivity index (χ4v) is 2.91. The summed E-state index contributed by atoms with van der Waals surface area (Å²) in [5.74, 6) is 0.117. The smallest absolute Gasteiger partial charge is 0.245 e. The van der Waals surface area contributed by atoms with Gasteiger partial charge < -0.3 is 10.8 Å². The molecule has 1 atom stereocenters. The predicted octanol–water partition coefficient (Wildman–Crippen LogP) is 0.172. The molecule has 110 valence electrons. The molecule has 0 saturated carbocycles. The van der Waals surface area contributed by atoms with Crippen LogP contribution in [-0.4, -0.2) is 36.5 Å². The third-order valence-electron chi connectivity index (χ3n) is 3.05. The fourth-order valence-electron chi connectivity index (χ4n) is 1.73. The van der Waals surface area contributed by atoms with Crippen LogP contribution in [0.3, 0.4) is 0 Å². The molecular formula is C11H22N4O3S. The minimum Gasteiger partial charge on any atom is -0.396 e. The van der Waals surface area contributed by atoms with E-state index in [0.29, 0.717) is 13.0 Å². The van der Waals surface area contributed by atoms with Gasteiger partial charge in [-0.25, -0.2) is 13.1 Å². The van der Waals surface area contributed by atoms with Crippen molar-refractivity contribution in [2.45, 2.75) is 38.1 Å². The molecule has 8 heteroatoms. The first-order chi connectivity index (χ1) is 8.94. The van der Waals surface area contributed by atoms with Crippen LogP contribution < -0.4 is 10.5 Å². The van der Waals surface area contributed by atoms with Crippen molar-refractivity contribution in [3.05, 3.63) is 6.20 Å². The average Bonchev–Trinajstić information content (AvgIpc) is 2.76. The number of aliphatic hydroxyl groups is 1. The van der Waals surface area contributed by atoms with Crippen molar-refractivity contribution in [3.63, 3.8) is 0 Å². The molecule has 0 bridgehead atoms. The van der Waals surface area contributed by atoms with E-state index in [1.165, 1.54) is 10.9 Å². The quantitative estimate of drug-likeness (QED) is 0.632. The molecule has 1 unspecified atom stereocenters. The van der Waals surface area contributed by atoms with Crippen molar-refractivity contribution in [1.29, 1.82) is 0 Å². The Morgan fingerprint density at radius 3 is 2.68 bits per heavy atom. The van der Waals surface area contributed by atoms with Gasteiger partial charge in [0.25, 0.3) is 0 Å². The van der Waals surface area contributed by atoms with Gasteiger partial charge in [-0.3, -0.25) is 4.68 Å². The second kappa shape index (κ2) is 6.88. The number of nitrogens with one attached hydrogen (secondary N) is 1. The maximum atomic E-state index is 12.1. The molecule has 0 spiro atoms. The topological polar surface area (TPSA) is 110 Å². The maximum absolute atomic E-state index is 12.1. The zero-order valence-corrected chi connectivity index (χ0v) is 12.2. The molecule has 0 fully saturated rings. The zero-order chi connectivity index (χ0) is 14.5. The molecular weight excluding hydrogens is 268 g/mol. The number of rotatable bonds is 8. The summed E-state index contributed by atoms with van der Waals surface area (Å²) in [5, 5.41) is 12.8. The van der Waals surface area contributed by atoms with Gasteiger partial charge in [-0.1, -0.05) is 13.3 Å². The van der Waals surface area contributed by atoms with E-state index >= 15 is 0 Å². The molecule has 0 amide bonds. The average molecular weight is 290 g/mol. The summed E-state index contributed by atoms with van der Waals surface area (Å²) < 4.78 is 28.2. The predicted molar refractivity (Wildman–Crippen MR) is 73.0 cm³/mol. The summed E-state index contributed by atoms with van der Waals surface area (Å²) in [5.41, 5.74) is 5.61. The number of aryl methyl sites for hydroxylation is 1. The summed E-state index contributed by atoms with van der Waals surface area (Å²) in [6.45, 7) is 4.71. The third-order valence-corrected chi connectivity index (χ3v) is 4.49. The number of aliphatic hydroxyl groups excluding tert-OH is 1. The van der Waals surface area contributed by atoms with Gasteiger partial charge in [0.05, 0.1) is 0 Å². The Labute approximate surface area is 113 Å². The largest absolute Gasteiger partial charge is 0.396 e. The van der Waals surface area contributed by atoms with Crippen molar-refractivity contribution >= 4 is 15.8 Å². The minimum absolute atomic E-state index is 0.00422. The van der Waals surface area contributed by atoms with Crippen molar-refractivity contribution in [1.82, 2.24) is 14.5 Å². The van der Waals surface area contributed by atoms with Crippen LogP contribution in [-0.2, 0) is 16.6 Å². The van der Waals surface area contributed by atoms with Crippen LogP contribution in [0.2, 0.25) is 0 Å². The molecule has 0 aliphatic heterocycles. The molecule has 0 aromatic carbocycles. The van der Waals surface area contributed by atoms with Gasteiger partial charge >= 0.3 is 0 Å². The molecule has 0 aliphatic carbocycles. The molecule has 4 N–H and O–H groups in total. The van der Waals surface area contributed by atoms with Crippen molar-refractivity contribution in [3.8, 4) is 0 Å². The highest BCUT2D eigenvalue weighted by Crippen LogP contribution is 2.16. The Hall–Kier alpha value is -1.12. The van der Waals surface area contributed by atoms with Gasteiger partial charge in [-0.2, -0.15) is 5.10 Å². The molecule has 0 saturated heterocycles. The second-order valence-electron chi connectivity index (χ2n) is 4.37. The van der Waals surface area contributed by atoms with Gasteiger partial charge in [0.1, 0.15) is 4.90 Å². The standard InChI is InChI=1S/C11H22N4O3S/c1-3-9(5-6-16)7-13-19(17,18)10-8-15(4-2)14-11(10)12/h8-9,13,16H,3-7H2,1-2H3,(H2,12,14). The highest BCUT2D eigenvalue weighted by atomic mass is 32.2. The first-order valence-electron chi connectivity index (χ1n) is 6.38. The van der Waals surface area contributed by atoms with Crippen LogP contribution in [0.1, 0.15) is 26.7 Å². The Morgan fingerprint density at radius 1 is 1.53 bits per heavy atom. The van der Waals surface area contributed by atoms with E-state index < -0.39 is 10.0 Å². The van der Waals surface area contributed by atoms with Crippen molar-refractivity contribution in [2.24, 2.45) is 5.92 Å². The highest BCUT2D eigenvalue weighted by Gasteiger charge is 2.21. The lowest BCUT2D eigenvalue weighted by molar-refractivity contribution is 0.254. The summed E-state index contributed by atoms with van der Waals surface area (Å²) in [4.78, 5) is 0.00759. The van der Waals surface area contributed by atoms with Crippen LogP contribution in [0.5, 0.6) is 0 Å². The summed E-state index contributed by atoms with van der Waals surface area (Å²) in [6, 6.07) is 0. The van der Waals surface area contributed by atoms with Crippen molar-refractivity contribution < 1.29 is 13.5 Å². The van der Waals surface area contributed by atoms with Crippen LogP contribution in [0.4, 0.5) is 5.82 Å². The zero-order valence-electron chi connectivity index (χ0n) is 11.3. The van der Waals surface area contributed by atoms with E-state index in [1.807, 2.05) is 13.8 Å². The second-order valence-corrected chi connectivity index (χ2v) is 6.11. The van der Waals surface area contributed by atoms with E-state index in [1.54, 1.807) is 0 Å². The Bertz CT molecular complexity index is 498. The van der Waals surface area contributed by atoms with E-state index in [2.05, 4.69) is 9.82 Å². The van der Waals surface area contributed by atoms with Gasteiger partial charge in [0, 0.05) is 25.9 Å². The van der Waals surface area contributed by atoms with E-state index in [-0.39, 0.29) is 29.8 Å². The number of aromatic nitrogens is 2. The number of nitrogens with two attached hydrogens (primary N) is 1. The number of sulfonamides is 1. The lowest BCUT2D eigenvalue weighted by Crippen LogP contribution is -2.30. The minimum atomic E-state index is -3.64. The summed E-state index contributed by atoms with van der Waals surface area (Å²) in [6.07, 6.45) is 2.79. The van der Waals surface area contributed by atoms with Crippen LogP contribution in [0, 0.1) is 5.92 Å². The fraction of sp³-hybridized carbons (Fsp3) is 0.727. The normalized spacial score (nSPS) is 13.6. The summed E-state index contributed by atoms with van der Waals surface area (Å²) >= 11 is 0. The number of nitrogens with zero attached hydrogens (tertiary/aromatic N) is 2.